The molecule has 1 saturated heterocycles. The lowest BCUT2D eigenvalue weighted by Gasteiger charge is -2.21. The van der Waals surface area contributed by atoms with E-state index in [0.717, 1.165) is 48.3 Å². The second-order valence-electron chi connectivity index (χ2n) is 6.53. The molecule has 2 heterocycles. The van der Waals surface area contributed by atoms with Crippen molar-refractivity contribution in [3.05, 3.63) is 35.7 Å². The van der Waals surface area contributed by atoms with Gasteiger partial charge in [0.1, 0.15) is 6.26 Å². The third-order valence-electron chi connectivity index (χ3n) is 4.63. The number of methoxy groups -OCH3 is 1. The molecule has 0 radical (unpaired) electrons. The van der Waals surface area contributed by atoms with Gasteiger partial charge in [-0.3, -0.25) is 0 Å². The first-order valence-corrected chi connectivity index (χ1v) is 8.68. The zero-order valence-electron chi connectivity index (χ0n) is 15.0. The van der Waals surface area contributed by atoms with Crippen molar-refractivity contribution in [2.75, 3.05) is 25.5 Å². The molecular formula is C19H25N3O3. The number of aryl methyl sites for hydroxylation is 2. The van der Waals surface area contributed by atoms with Crippen LogP contribution in [-0.4, -0.2) is 42.2 Å². The maximum Gasteiger partial charge on any atom is 0.321 e. The number of aromatic nitrogens is 1. The number of carbonyl (C=O) groups is 1. The monoisotopic (exact) mass is 343 g/mol. The summed E-state index contributed by atoms with van der Waals surface area (Å²) >= 11 is 0. The summed E-state index contributed by atoms with van der Waals surface area (Å²) in [6.07, 6.45) is 4.71. The molecule has 6 heteroatoms. The lowest BCUT2D eigenvalue weighted by molar-refractivity contribution is 0.0908. The summed E-state index contributed by atoms with van der Waals surface area (Å²) in [5.74, 6) is 0.573. The molecule has 1 aliphatic rings. The minimum absolute atomic E-state index is 0.0739. The molecule has 1 atom stereocenters. The number of ether oxygens (including phenoxy) is 1. The average Bonchev–Trinajstić information content (AvgIpc) is 2.89. The van der Waals surface area contributed by atoms with Crippen molar-refractivity contribution in [3.63, 3.8) is 0 Å². The Kier molecular flexibility index (Phi) is 5.38. The van der Waals surface area contributed by atoms with Crippen LogP contribution in [0.4, 0.5) is 10.5 Å². The summed E-state index contributed by atoms with van der Waals surface area (Å²) in [6, 6.07) is 5.71. The number of rotatable bonds is 3. The second-order valence-corrected chi connectivity index (χ2v) is 6.53. The van der Waals surface area contributed by atoms with Gasteiger partial charge in [-0.1, -0.05) is 6.07 Å². The van der Waals surface area contributed by atoms with Crippen LogP contribution in [0.3, 0.4) is 0 Å². The van der Waals surface area contributed by atoms with Crippen molar-refractivity contribution in [2.24, 2.45) is 0 Å². The molecular weight excluding hydrogens is 318 g/mol. The standard InChI is InChI=1S/C19H25N3O3/c1-13-6-7-15(11-17(13)18-20-14(2)12-25-18)21-19(23)22-9-4-5-16(24-3)8-10-22/h6-7,11-12,16H,4-5,8-10H2,1-3H3,(H,21,23). The van der Waals surface area contributed by atoms with E-state index in [1.54, 1.807) is 13.4 Å². The van der Waals surface area contributed by atoms with Crippen LogP contribution in [0, 0.1) is 13.8 Å². The van der Waals surface area contributed by atoms with Crippen molar-refractivity contribution < 1.29 is 13.9 Å². The van der Waals surface area contributed by atoms with E-state index in [2.05, 4.69) is 10.3 Å². The van der Waals surface area contributed by atoms with E-state index in [-0.39, 0.29) is 12.1 Å². The molecule has 2 amide bonds. The summed E-state index contributed by atoms with van der Waals surface area (Å²) < 4.78 is 10.9. The number of nitrogens with one attached hydrogen (secondary N) is 1. The smallest absolute Gasteiger partial charge is 0.321 e. The number of amides is 2. The fourth-order valence-corrected chi connectivity index (χ4v) is 3.11. The summed E-state index contributed by atoms with van der Waals surface area (Å²) in [4.78, 5) is 18.8. The van der Waals surface area contributed by atoms with Crippen LogP contribution in [-0.2, 0) is 4.74 Å². The van der Waals surface area contributed by atoms with E-state index in [1.165, 1.54) is 0 Å². The fraction of sp³-hybridized carbons (Fsp3) is 0.474. The molecule has 1 unspecified atom stereocenters. The van der Waals surface area contributed by atoms with Crippen LogP contribution < -0.4 is 5.32 Å². The largest absolute Gasteiger partial charge is 0.444 e. The fourth-order valence-electron chi connectivity index (χ4n) is 3.11. The maximum atomic E-state index is 12.6. The zero-order valence-corrected chi connectivity index (χ0v) is 15.0. The number of urea groups is 1. The van der Waals surface area contributed by atoms with Gasteiger partial charge in [0, 0.05) is 31.5 Å². The normalized spacial score (nSPS) is 18.0. The summed E-state index contributed by atoms with van der Waals surface area (Å²) in [5, 5.41) is 2.99. The van der Waals surface area contributed by atoms with Crippen LogP contribution in [0.25, 0.3) is 11.5 Å². The topological polar surface area (TPSA) is 67.6 Å². The number of hydrogen-bond donors (Lipinski definition) is 1. The van der Waals surface area contributed by atoms with E-state index >= 15 is 0 Å². The van der Waals surface area contributed by atoms with E-state index in [1.807, 2.05) is 36.9 Å². The lowest BCUT2D eigenvalue weighted by atomic mass is 10.1. The van der Waals surface area contributed by atoms with Crippen LogP contribution in [0.5, 0.6) is 0 Å². The first kappa shape index (κ1) is 17.5. The van der Waals surface area contributed by atoms with Crippen LogP contribution in [0.15, 0.2) is 28.9 Å². The Labute approximate surface area is 148 Å². The van der Waals surface area contributed by atoms with Crippen LogP contribution >= 0.6 is 0 Å². The van der Waals surface area contributed by atoms with Gasteiger partial charge in [-0.05, 0) is 50.8 Å². The van der Waals surface area contributed by atoms with E-state index < -0.39 is 0 Å². The van der Waals surface area contributed by atoms with Gasteiger partial charge in [0.05, 0.1) is 11.8 Å². The highest BCUT2D eigenvalue weighted by molar-refractivity contribution is 5.90. The molecule has 2 aromatic rings. The molecule has 1 N–H and O–H groups in total. The van der Waals surface area contributed by atoms with Crippen molar-refractivity contribution in [1.29, 1.82) is 0 Å². The molecule has 3 rings (SSSR count). The Morgan fingerprint density at radius 3 is 2.88 bits per heavy atom. The number of carbonyl (C=O) groups excluding carboxylic acids is 1. The zero-order chi connectivity index (χ0) is 17.8. The summed E-state index contributed by atoms with van der Waals surface area (Å²) in [5.41, 5.74) is 3.52. The highest BCUT2D eigenvalue weighted by Gasteiger charge is 2.20. The van der Waals surface area contributed by atoms with Gasteiger partial charge in [0.15, 0.2) is 0 Å². The third kappa shape index (κ3) is 4.20. The Hall–Kier alpha value is -2.34. The van der Waals surface area contributed by atoms with Crippen LogP contribution in [0.2, 0.25) is 0 Å². The molecule has 0 bridgehead atoms. The Bertz CT molecular complexity index is 741. The number of hydrogen-bond acceptors (Lipinski definition) is 4. The van der Waals surface area contributed by atoms with Crippen molar-refractivity contribution in [1.82, 2.24) is 9.88 Å². The van der Waals surface area contributed by atoms with Crippen LogP contribution in [0.1, 0.15) is 30.5 Å². The third-order valence-corrected chi connectivity index (χ3v) is 4.63. The summed E-state index contributed by atoms with van der Waals surface area (Å²) in [6.45, 7) is 5.35. The number of likely N-dealkylation sites (tertiary alicyclic amines) is 1. The maximum absolute atomic E-state index is 12.6. The van der Waals surface area contributed by atoms with E-state index in [4.69, 9.17) is 9.15 Å². The Balaban J connectivity index is 1.71. The van der Waals surface area contributed by atoms with E-state index in [9.17, 15) is 4.79 Å². The van der Waals surface area contributed by atoms with Gasteiger partial charge in [-0.2, -0.15) is 0 Å². The Morgan fingerprint density at radius 1 is 1.32 bits per heavy atom. The Morgan fingerprint density at radius 2 is 2.16 bits per heavy atom. The first-order chi connectivity index (χ1) is 12.1. The molecule has 6 nitrogen and oxygen atoms in total. The number of oxazole rings is 1. The quantitative estimate of drug-likeness (QED) is 0.915. The van der Waals surface area contributed by atoms with E-state index in [0.29, 0.717) is 12.4 Å². The molecule has 1 aromatic heterocycles. The average molecular weight is 343 g/mol. The minimum atomic E-state index is -0.0739. The molecule has 1 aromatic carbocycles. The highest BCUT2D eigenvalue weighted by Crippen LogP contribution is 2.26. The second kappa shape index (κ2) is 7.70. The molecule has 25 heavy (non-hydrogen) atoms. The van der Waals surface area contributed by atoms with Gasteiger partial charge < -0.3 is 19.4 Å². The molecule has 0 saturated carbocycles. The van der Waals surface area contributed by atoms with Crippen molar-refractivity contribution >= 4 is 11.7 Å². The summed E-state index contributed by atoms with van der Waals surface area (Å²) in [7, 11) is 1.73. The van der Waals surface area contributed by atoms with Gasteiger partial charge >= 0.3 is 6.03 Å². The van der Waals surface area contributed by atoms with Gasteiger partial charge in [0.2, 0.25) is 5.89 Å². The molecule has 1 fully saturated rings. The van der Waals surface area contributed by atoms with Crippen molar-refractivity contribution in [2.45, 2.75) is 39.2 Å². The molecule has 0 aliphatic carbocycles. The van der Waals surface area contributed by atoms with Crippen molar-refractivity contribution in [3.8, 4) is 11.5 Å². The number of anilines is 1. The first-order valence-electron chi connectivity index (χ1n) is 8.68. The predicted octanol–water partition coefficient (Wildman–Crippen LogP) is 3.99. The number of benzene rings is 1. The van der Waals surface area contributed by atoms with Gasteiger partial charge in [-0.15, -0.1) is 0 Å². The number of nitrogens with zero attached hydrogens (tertiary/aromatic N) is 2. The molecule has 0 spiro atoms. The SMILES string of the molecule is COC1CCCN(C(=O)Nc2ccc(C)c(-c3nc(C)co3)c2)CC1. The predicted molar refractivity (Wildman–Crippen MR) is 96.7 cm³/mol. The lowest BCUT2D eigenvalue weighted by Crippen LogP contribution is -2.36. The van der Waals surface area contributed by atoms with Gasteiger partial charge in [-0.25, -0.2) is 9.78 Å². The van der Waals surface area contributed by atoms with Gasteiger partial charge in [0.25, 0.3) is 0 Å². The minimum Gasteiger partial charge on any atom is -0.444 e. The molecule has 134 valence electrons. The highest BCUT2D eigenvalue weighted by atomic mass is 16.5. The molecule has 1 aliphatic heterocycles.